The van der Waals surface area contributed by atoms with Gasteiger partial charge in [-0.25, -0.2) is 8.42 Å². The molecule has 1 aliphatic rings. The third-order valence-electron chi connectivity index (χ3n) is 3.44. The van der Waals surface area contributed by atoms with Gasteiger partial charge in [0.2, 0.25) is 10.0 Å². The topological polar surface area (TPSA) is 63.4 Å². The van der Waals surface area contributed by atoms with E-state index in [0.717, 1.165) is 17.7 Å². The van der Waals surface area contributed by atoms with Crippen LogP contribution < -0.4 is 5.73 Å². The molecule has 0 amide bonds. The van der Waals surface area contributed by atoms with Gasteiger partial charge in [0.25, 0.3) is 0 Å². The molecule has 0 radical (unpaired) electrons. The number of benzene rings is 1. The van der Waals surface area contributed by atoms with Gasteiger partial charge < -0.3 is 5.73 Å². The third kappa shape index (κ3) is 3.31. The van der Waals surface area contributed by atoms with Gasteiger partial charge in [-0.05, 0) is 24.1 Å². The van der Waals surface area contributed by atoms with E-state index in [9.17, 15) is 8.42 Å². The smallest absolute Gasteiger partial charge is 0.243 e. The molecule has 0 spiro atoms. The van der Waals surface area contributed by atoms with Crippen molar-refractivity contribution < 1.29 is 8.42 Å². The van der Waals surface area contributed by atoms with Gasteiger partial charge >= 0.3 is 0 Å². The van der Waals surface area contributed by atoms with Gasteiger partial charge in [-0.1, -0.05) is 24.6 Å². The summed E-state index contributed by atoms with van der Waals surface area (Å²) in [5.41, 5.74) is 6.30. The summed E-state index contributed by atoms with van der Waals surface area (Å²) < 4.78 is 26.8. The lowest BCUT2D eigenvalue weighted by atomic mass is 10.2. The van der Waals surface area contributed by atoms with Crippen LogP contribution in [0.15, 0.2) is 23.1 Å². The van der Waals surface area contributed by atoms with Crippen LogP contribution in [0.25, 0.3) is 0 Å². The van der Waals surface area contributed by atoms with Crippen LogP contribution in [-0.2, 0) is 16.6 Å². The van der Waals surface area contributed by atoms with E-state index in [0.29, 0.717) is 29.9 Å². The average Bonchev–Trinajstić information content (AvgIpc) is 2.47. The SMILES string of the molecule is CCC1CN(S(=O)(=O)c2ccc(CN)c(Cl)c2)CCS1. The molecule has 0 aromatic heterocycles. The van der Waals surface area contributed by atoms with Crippen LogP contribution in [0.1, 0.15) is 18.9 Å². The fourth-order valence-corrected chi connectivity index (χ4v) is 5.39. The van der Waals surface area contributed by atoms with Crippen LogP contribution >= 0.6 is 23.4 Å². The fourth-order valence-electron chi connectivity index (χ4n) is 2.16. The van der Waals surface area contributed by atoms with Gasteiger partial charge in [0, 0.05) is 35.7 Å². The molecule has 1 aromatic rings. The first-order valence-electron chi connectivity index (χ1n) is 6.59. The fraction of sp³-hybridized carbons (Fsp3) is 0.538. The molecule has 1 heterocycles. The molecular formula is C13H19ClN2O2S2. The molecule has 112 valence electrons. The van der Waals surface area contributed by atoms with Gasteiger partial charge in [0.15, 0.2) is 0 Å². The second-order valence-corrected chi connectivity index (χ2v) is 8.47. The highest BCUT2D eigenvalue weighted by molar-refractivity contribution is 8.00. The Morgan fingerprint density at radius 1 is 1.50 bits per heavy atom. The summed E-state index contributed by atoms with van der Waals surface area (Å²) in [5.74, 6) is 0.840. The first-order valence-corrected chi connectivity index (χ1v) is 9.46. The predicted octanol–water partition coefficient (Wildman–Crippen LogP) is 2.31. The lowest BCUT2D eigenvalue weighted by molar-refractivity contribution is 0.416. The van der Waals surface area contributed by atoms with Crippen molar-refractivity contribution in [1.82, 2.24) is 4.31 Å². The zero-order chi connectivity index (χ0) is 14.8. The van der Waals surface area contributed by atoms with E-state index < -0.39 is 10.0 Å². The van der Waals surface area contributed by atoms with E-state index in [4.69, 9.17) is 17.3 Å². The Morgan fingerprint density at radius 3 is 2.85 bits per heavy atom. The van der Waals surface area contributed by atoms with Gasteiger partial charge in [-0.2, -0.15) is 16.1 Å². The van der Waals surface area contributed by atoms with E-state index in [1.807, 2.05) is 11.8 Å². The molecule has 1 atom stereocenters. The number of nitrogens with two attached hydrogens (primary N) is 1. The number of sulfonamides is 1. The van der Waals surface area contributed by atoms with Crippen LogP contribution in [0, 0.1) is 0 Å². The Hall–Kier alpha value is -0.270. The first kappa shape index (κ1) is 16.1. The van der Waals surface area contributed by atoms with Crippen molar-refractivity contribution in [2.45, 2.75) is 30.0 Å². The molecule has 2 N–H and O–H groups in total. The van der Waals surface area contributed by atoms with Crippen LogP contribution in [-0.4, -0.2) is 36.8 Å². The summed E-state index contributed by atoms with van der Waals surface area (Å²) in [4.78, 5) is 0.251. The Kier molecular flexibility index (Phi) is 5.36. The van der Waals surface area contributed by atoms with Crippen LogP contribution in [0.4, 0.5) is 0 Å². The van der Waals surface area contributed by atoms with Crippen molar-refractivity contribution in [2.75, 3.05) is 18.8 Å². The van der Waals surface area contributed by atoms with E-state index in [1.165, 1.54) is 6.07 Å². The van der Waals surface area contributed by atoms with Crippen LogP contribution in [0.2, 0.25) is 5.02 Å². The normalized spacial score (nSPS) is 21.1. The number of thioether (sulfide) groups is 1. The van der Waals surface area contributed by atoms with E-state index in [2.05, 4.69) is 6.92 Å². The van der Waals surface area contributed by atoms with Crippen LogP contribution in [0.5, 0.6) is 0 Å². The summed E-state index contributed by atoms with van der Waals surface area (Å²) >= 11 is 7.90. The second-order valence-electron chi connectivity index (χ2n) is 4.72. The van der Waals surface area contributed by atoms with Crippen molar-refractivity contribution in [3.8, 4) is 0 Å². The molecule has 1 aliphatic heterocycles. The van der Waals surface area contributed by atoms with Crippen molar-refractivity contribution in [2.24, 2.45) is 5.73 Å². The zero-order valence-electron chi connectivity index (χ0n) is 11.4. The van der Waals surface area contributed by atoms with Crippen LogP contribution in [0.3, 0.4) is 0 Å². The molecule has 2 rings (SSSR count). The third-order valence-corrected chi connectivity index (χ3v) is 7.02. The van der Waals surface area contributed by atoms with Crippen molar-refractivity contribution in [1.29, 1.82) is 0 Å². The zero-order valence-corrected chi connectivity index (χ0v) is 13.8. The highest BCUT2D eigenvalue weighted by Crippen LogP contribution is 2.28. The maximum Gasteiger partial charge on any atom is 0.243 e. The lowest BCUT2D eigenvalue weighted by Crippen LogP contribution is -2.41. The quantitative estimate of drug-likeness (QED) is 0.917. The Morgan fingerprint density at radius 2 is 2.25 bits per heavy atom. The van der Waals surface area contributed by atoms with Gasteiger partial charge in [0.05, 0.1) is 4.90 Å². The standard InChI is InChI=1S/C13H19ClN2O2S2/c1-2-11-9-16(5-6-19-11)20(17,18)12-4-3-10(8-15)13(14)7-12/h3-4,7,11H,2,5-6,8-9,15H2,1H3. The molecule has 20 heavy (non-hydrogen) atoms. The molecule has 1 saturated heterocycles. The van der Waals surface area contributed by atoms with Crippen molar-refractivity contribution >= 4 is 33.4 Å². The Balaban J connectivity index is 2.28. The molecule has 0 saturated carbocycles. The maximum atomic E-state index is 12.6. The Labute approximate surface area is 129 Å². The van der Waals surface area contributed by atoms with Gasteiger partial charge in [0.1, 0.15) is 0 Å². The average molecular weight is 335 g/mol. The summed E-state index contributed by atoms with van der Waals surface area (Å²) in [7, 11) is -3.46. The van der Waals surface area contributed by atoms with Gasteiger partial charge in [-0.3, -0.25) is 0 Å². The number of hydrogen-bond acceptors (Lipinski definition) is 4. The molecule has 1 unspecified atom stereocenters. The summed E-state index contributed by atoms with van der Waals surface area (Å²) in [6, 6.07) is 4.78. The molecule has 1 aromatic carbocycles. The number of nitrogens with zero attached hydrogens (tertiary/aromatic N) is 1. The Bertz CT molecular complexity index is 578. The number of halogens is 1. The molecule has 1 fully saturated rings. The minimum absolute atomic E-state index is 0.251. The molecule has 7 heteroatoms. The number of rotatable bonds is 4. The molecular weight excluding hydrogens is 316 g/mol. The minimum atomic E-state index is -3.46. The lowest BCUT2D eigenvalue weighted by Gasteiger charge is -2.31. The minimum Gasteiger partial charge on any atom is -0.326 e. The summed E-state index contributed by atoms with van der Waals surface area (Å²) in [6.45, 7) is 3.51. The predicted molar refractivity (Wildman–Crippen MR) is 84.6 cm³/mol. The van der Waals surface area contributed by atoms with Crippen molar-refractivity contribution in [3.63, 3.8) is 0 Å². The largest absolute Gasteiger partial charge is 0.326 e. The molecule has 0 bridgehead atoms. The van der Waals surface area contributed by atoms with E-state index in [-0.39, 0.29) is 4.90 Å². The van der Waals surface area contributed by atoms with Gasteiger partial charge in [-0.15, -0.1) is 0 Å². The number of hydrogen-bond donors (Lipinski definition) is 1. The second kappa shape index (κ2) is 6.66. The first-order chi connectivity index (χ1) is 9.48. The monoisotopic (exact) mass is 334 g/mol. The van der Waals surface area contributed by atoms with Crippen molar-refractivity contribution in [3.05, 3.63) is 28.8 Å². The molecule has 0 aliphatic carbocycles. The summed E-state index contributed by atoms with van der Waals surface area (Å²) in [6.07, 6.45) is 0.976. The van der Waals surface area contributed by atoms with E-state index >= 15 is 0 Å². The maximum absolute atomic E-state index is 12.6. The highest BCUT2D eigenvalue weighted by Gasteiger charge is 2.30. The molecule has 4 nitrogen and oxygen atoms in total. The highest BCUT2D eigenvalue weighted by atomic mass is 35.5. The summed E-state index contributed by atoms with van der Waals surface area (Å²) in [5, 5.41) is 0.782. The van der Waals surface area contributed by atoms with E-state index in [1.54, 1.807) is 16.4 Å².